The van der Waals surface area contributed by atoms with Crippen molar-refractivity contribution in [1.29, 1.82) is 0 Å². The van der Waals surface area contributed by atoms with Crippen molar-refractivity contribution in [3.8, 4) is 28.4 Å². The Morgan fingerprint density at radius 1 is 0.912 bits per heavy atom. The normalized spacial score (nSPS) is 11.4. The standard InChI is InChI=1S/C28H27FN2O3/c1-19(30-34-18-22-12-8-9-13-25(22)29)24-17-26(21-10-6-5-7-11-21)31(20(24)2)27-16-23(32-3)14-15-28(27)33-4/h5-17H,18H2,1-4H3/b30-19-. The summed E-state index contributed by atoms with van der Waals surface area (Å²) >= 11 is 0. The molecule has 0 saturated carbocycles. The van der Waals surface area contributed by atoms with E-state index in [2.05, 4.69) is 27.9 Å². The van der Waals surface area contributed by atoms with E-state index in [0.29, 0.717) is 17.0 Å². The average molecular weight is 459 g/mol. The summed E-state index contributed by atoms with van der Waals surface area (Å²) in [6.07, 6.45) is 0. The van der Waals surface area contributed by atoms with Crippen LogP contribution < -0.4 is 9.47 Å². The predicted octanol–water partition coefficient (Wildman–Crippen LogP) is 6.55. The minimum Gasteiger partial charge on any atom is -0.497 e. The van der Waals surface area contributed by atoms with Crippen molar-refractivity contribution in [3.05, 3.63) is 102 Å². The number of nitrogens with zero attached hydrogens (tertiary/aromatic N) is 2. The highest BCUT2D eigenvalue weighted by Crippen LogP contribution is 2.35. The maximum atomic E-state index is 13.9. The maximum Gasteiger partial charge on any atom is 0.145 e. The van der Waals surface area contributed by atoms with Gasteiger partial charge in [-0.1, -0.05) is 53.7 Å². The SMILES string of the molecule is COc1ccc(OC)c(-n2c(-c3ccccc3)cc(/C(C)=N\OCc3ccccc3F)c2C)c1. The first-order chi connectivity index (χ1) is 16.5. The number of ether oxygens (including phenoxy) is 2. The summed E-state index contributed by atoms with van der Waals surface area (Å²) in [5, 5.41) is 4.29. The fourth-order valence-electron chi connectivity index (χ4n) is 3.94. The van der Waals surface area contributed by atoms with Crippen molar-refractivity contribution < 1.29 is 18.7 Å². The van der Waals surface area contributed by atoms with Crippen LogP contribution in [0, 0.1) is 12.7 Å². The third kappa shape index (κ3) is 4.66. The number of hydrogen-bond donors (Lipinski definition) is 0. The highest BCUT2D eigenvalue weighted by Gasteiger charge is 2.20. The minimum absolute atomic E-state index is 0.0546. The molecule has 0 fully saturated rings. The molecule has 0 atom stereocenters. The molecule has 4 rings (SSSR count). The van der Waals surface area contributed by atoms with E-state index in [4.69, 9.17) is 14.3 Å². The van der Waals surface area contributed by atoms with Gasteiger partial charge in [0.1, 0.15) is 23.9 Å². The smallest absolute Gasteiger partial charge is 0.145 e. The topological polar surface area (TPSA) is 45.0 Å². The lowest BCUT2D eigenvalue weighted by molar-refractivity contribution is 0.128. The highest BCUT2D eigenvalue weighted by molar-refractivity contribution is 6.01. The Hall–Kier alpha value is -4.06. The number of aromatic nitrogens is 1. The maximum absolute atomic E-state index is 13.9. The Morgan fingerprint density at radius 2 is 1.65 bits per heavy atom. The second-order valence-electron chi connectivity index (χ2n) is 7.81. The molecule has 174 valence electrons. The summed E-state index contributed by atoms with van der Waals surface area (Å²) < 4.78 is 27.2. The van der Waals surface area contributed by atoms with Crippen LogP contribution in [0.3, 0.4) is 0 Å². The van der Waals surface area contributed by atoms with Crippen LogP contribution in [0.25, 0.3) is 16.9 Å². The van der Waals surface area contributed by atoms with E-state index in [-0.39, 0.29) is 12.4 Å². The first-order valence-corrected chi connectivity index (χ1v) is 10.9. The Morgan fingerprint density at radius 3 is 2.35 bits per heavy atom. The fraction of sp³-hybridized carbons (Fsp3) is 0.179. The van der Waals surface area contributed by atoms with Gasteiger partial charge >= 0.3 is 0 Å². The van der Waals surface area contributed by atoms with Crippen molar-refractivity contribution in [2.45, 2.75) is 20.5 Å². The predicted molar refractivity (Wildman–Crippen MR) is 132 cm³/mol. The van der Waals surface area contributed by atoms with E-state index < -0.39 is 0 Å². The van der Waals surface area contributed by atoms with E-state index >= 15 is 0 Å². The van der Waals surface area contributed by atoms with E-state index in [9.17, 15) is 4.39 Å². The zero-order valence-corrected chi connectivity index (χ0v) is 19.7. The molecule has 1 heterocycles. The Labute approximate surface area is 199 Å². The first kappa shape index (κ1) is 23.1. The molecule has 1 aromatic heterocycles. The molecule has 0 aliphatic heterocycles. The van der Waals surface area contributed by atoms with Crippen LogP contribution in [0.4, 0.5) is 4.39 Å². The van der Waals surface area contributed by atoms with Gasteiger partial charge in [-0.25, -0.2) is 4.39 Å². The number of oxime groups is 1. The number of halogens is 1. The molecular weight excluding hydrogens is 431 g/mol. The van der Waals surface area contributed by atoms with Gasteiger partial charge in [-0.3, -0.25) is 0 Å². The Bertz CT molecular complexity index is 1310. The van der Waals surface area contributed by atoms with E-state index in [1.54, 1.807) is 32.4 Å². The quantitative estimate of drug-likeness (QED) is 0.222. The van der Waals surface area contributed by atoms with E-state index in [0.717, 1.165) is 34.0 Å². The van der Waals surface area contributed by atoms with E-state index in [1.165, 1.54) is 6.07 Å². The second-order valence-corrected chi connectivity index (χ2v) is 7.81. The van der Waals surface area contributed by atoms with Gasteiger partial charge in [-0.15, -0.1) is 0 Å². The van der Waals surface area contributed by atoms with Crippen LogP contribution in [0.15, 0.2) is 84.0 Å². The van der Waals surface area contributed by atoms with Gasteiger partial charge in [0, 0.05) is 22.9 Å². The number of benzene rings is 3. The van der Waals surface area contributed by atoms with Crippen molar-refractivity contribution >= 4 is 5.71 Å². The molecule has 4 aromatic rings. The average Bonchev–Trinajstić information content (AvgIpc) is 3.22. The van der Waals surface area contributed by atoms with Gasteiger partial charge < -0.3 is 18.9 Å². The van der Waals surface area contributed by atoms with Crippen LogP contribution in [0.5, 0.6) is 11.5 Å². The molecule has 34 heavy (non-hydrogen) atoms. The van der Waals surface area contributed by atoms with Crippen molar-refractivity contribution in [1.82, 2.24) is 4.57 Å². The van der Waals surface area contributed by atoms with Crippen molar-refractivity contribution in [3.63, 3.8) is 0 Å². The lowest BCUT2D eigenvalue weighted by atomic mass is 10.1. The Balaban J connectivity index is 1.78. The number of hydrogen-bond acceptors (Lipinski definition) is 4. The molecule has 5 nitrogen and oxygen atoms in total. The summed E-state index contributed by atoms with van der Waals surface area (Å²) in [5.41, 5.74) is 5.89. The largest absolute Gasteiger partial charge is 0.497 e. The molecular formula is C28H27FN2O3. The number of rotatable bonds is 8. The second kappa shape index (κ2) is 10.3. The highest BCUT2D eigenvalue weighted by atomic mass is 19.1. The van der Waals surface area contributed by atoms with Crippen LogP contribution in [0.2, 0.25) is 0 Å². The molecule has 0 aliphatic rings. The van der Waals surface area contributed by atoms with Gasteiger partial charge in [0.05, 0.1) is 31.3 Å². The molecule has 0 amide bonds. The molecule has 0 unspecified atom stereocenters. The van der Waals surface area contributed by atoms with Crippen LogP contribution in [-0.2, 0) is 11.4 Å². The van der Waals surface area contributed by atoms with Gasteiger partial charge in [-0.2, -0.15) is 0 Å². The third-order valence-electron chi connectivity index (χ3n) is 5.71. The molecule has 0 N–H and O–H groups in total. The molecule has 3 aromatic carbocycles. The van der Waals surface area contributed by atoms with Crippen molar-refractivity contribution in [2.24, 2.45) is 5.16 Å². The molecule has 0 saturated heterocycles. The van der Waals surface area contributed by atoms with Crippen LogP contribution >= 0.6 is 0 Å². The van der Waals surface area contributed by atoms with Gasteiger partial charge in [0.25, 0.3) is 0 Å². The summed E-state index contributed by atoms with van der Waals surface area (Å²) in [6, 6.07) is 24.4. The molecule has 0 spiro atoms. The first-order valence-electron chi connectivity index (χ1n) is 10.9. The lowest BCUT2D eigenvalue weighted by Gasteiger charge is -2.17. The molecule has 0 aliphatic carbocycles. The van der Waals surface area contributed by atoms with Crippen LogP contribution in [0.1, 0.15) is 23.7 Å². The van der Waals surface area contributed by atoms with Crippen molar-refractivity contribution in [2.75, 3.05) is 14.2 Å². The number of methoxy groups -OCH3 is 2. The fourth-order valence-corrected chi connectivity index (χ4v) is 3.94. The van der Waals surface area contributed by atoms with Gasteiger partial charge in [0.2, 0.25) is 0 Å². The van der Waals surface area contributed by atoms with E-state index in [1.807, 2.05) is 50.2 Å². The molecule has 0 bridgehead atoms. The zero-order chi connectivity index (χ0) is 24.1. The summed E-state index contributed by atoms with van der Waals surface area (Å²) in [6.45, 7) is 3.96. The monoisotopic (exact) mass is 458 g/mol. The molecule has 6 heteroatoms. The Kier molecular flexibility index (Phi) is 6.97. The third-order valence-corrected chi connectivity index (χ3v) is 5.71. The summed E-state index contributed by atoms with van der Waals surface area (Å²) in [4.78, 5) is 5.51. The van der Waals surface area contributed by atoms with Crippen LogP contribution in [-0.4, -0.2) is 24.5 Å². The summed E-state index contributed by atoms with van der Waals surface area (Å²) in [5.74, 6) is 1.13. The summed E-state index contributed by atoms with van der Waals surface area (Å²) in [7, 11) is 3.29. The lowest BCUT2D eigenvalue weighted by Crippen LogP contribution is -2.05. The van der Waals surface area contributed by atoms with Gasteiger partial charge in [-0.05, 0) is 43.7 Å². The minimum atomic E-state index is -0.311. The van der Waals surface area contributed by atoms with Gasteiger partial charge in [0.15, 0.2) is 0 Å². The molecule has 0 radical (unpaired) electrons. The zero-order valence-electron chi connectivity index (χ0n) is 19.7.